The molecule has 0 bridgehead atoms. The van der Waals surface area contributed by atoms with Crippen LogP contribution in [-0.2, 0) is 11.2 Å². The second-order valence-electron chi connectivity index (χ2n) is 5.70. The van der Waals surface area contributed by atoms with Gasteiger partial charge in [-0.25, -0.2) is 0 Å². The maximum atomic E-state index is 10.2. The van der Waals surface area contributed by atoms with E-state index in [2.05, 4.69) is 14.9 Å². The van der Waals surface area contributed by atoms with Crippen molar-refractivity contribution in [3.8, 4) is 33.9 Å². The summed E-state index contributed by atoms with van der Waals surface area (Å²) in [7, 11) is 3.25. The summed E-state index contributed by atoms with van der Waals surface area (Å²) < 4.78 is 4.25. The van der Waals surface area contributed by atoms with Crippen LogP contribution in [0.2, 0.25) is 0 Å². The molecule has 0 fully saturated rings. The van der Waals surface area contributed by atoms with E-state index in [1.807, 2.05) is 44.2 Å². The number of aromatic amines is 1. The number of phenols is 2. The van der Waals surface area contributed by atoms with Crippen molar-refractivity contribution in [2.45, 2.75) is 20.3 Å². The van der Waals surface area contributed by atoms with Crippen LogP contribution in [0.3, 0.4) is 0 Å². The maximum absolute atomic E-state index is 10.2. The van der Waals surface area contributed by atoms with Gasteiger partial charge in [0.2, 0.25) is 0 Å². The fourth-order valence-corrected chi connectivity index (χ4v) is 2.68. The van der Waals surface area contributed by atoms with Crippen LogP contribution in [0.4, 0.5) is 0 Å². The molecule has 0 aliphatic carbocycles. The number of aromatic nitrogens is 2. The van der Waals surface area contributed by atoms with Crippen LogP contribution in [0.15, 0.2) is 42.5 Å². The molecule has 0 spiro atoms. The van der Waals surface area contributed by atoms with E-state index in [9.17, 15) is 10.2 Å². The number of benzene rings is 2. The van der Waals surface area contributed by atoms with Crippen molar-refractivity contribution in [3.63, 3.8) is 0 Å². The summed E-state index contributed by atoms with van der Waals surface area (Å²) in [4.78, 5) is 0. The number of nitrogens with zero attached hydrogens (tertiary/aromatic N) is 1. The van der Waals surface area contributed by atoms with E-state index in [0.717, 1.165) is 22.4 Å². The van der Waals surface area contributed by atoms with Gasteiger partial charge in [-0.15, -0.1) is 0 Å². The Morgan fingerprint density at radius 2 is 1.68 bits per heavy atom. The van der Waals surface area contributed by atoms with Crippen LogP contribution in [-0.4, -0.2) is 34.6 Å². The Morgan fingerprint density at radius 1 is 1.04 bits per heavy atom. The molecule has 2 aromatic carbocycles. The number of nitrogens with one attached hydrogen (secondary N) is 1. The normalized spacial score (nSPS) is 10.2. The van der Waals surface area contributed by atoms with Crippen molar-refractivity contribution in [2.75, 3.05) is 14.2 Å². The lowest BCUT2D eigenvalue weighted by Crippen LogP contribution is -1.89. The highest BCUT2D eigenvalue weighted by atomic mass is 16.4. The van der Waals surface area contributed by atoms with Crippen LogP contribution in [0.25, 0.3) is 22.4 Å². The summed E-state index contributed by atoms with van der Waals surface area (Å²) in [6.07, 6.45) is 0.684. The molecule has 5 heteroatoms. The van der Waals surface area contributed by atoms with Gasteiger partial charge in [-0.3, -0.25) is 5.10 Å². The number of hydrogen-bond donors (Lipinski definition) is 3. The van der Waals surface area contributed by atoms with Gasteiger partial charge in [0.05, 0.1) is 0 Å². The number of ether oxygens (including phenoxy) is 1. The lowest BCUT2D eigenvalue weighted by Gasteiger charge is -2.09. The van der Waals surface area contributed by atoms with Gasteiger partial charge in [0, 0.05) is 37.1 Å². The number of aryl methyl sites for hydroxylation is 2. The molecule has 25 heavy (non-hydrogen) atoms. The van der Waals surface area contributed by atoms with Gasteiger partial charge < -0.3 is 14.9 Å². The molecule has 0 saturated carbocycles. The molecule has 0 aliphatic heterocycles. The van der Waals surface area contributed by atoms with Crippen LogP contribution in [0.1, 0.15) is 18.2 Å². The van der Waals surface area contributed by atoms with E-state index >= 15 is 0 Å². The lowest BCUT2D eigenvalue weighted by molar-refractivity contribution is 0.277. The first-order valence-electron chi connectivity index (χ1n) is 8.09. The third-order valence-corrected chi connectivity index (χ3v) is 3.84. The van der Waals surface area contributed by atoms with Crippen LogP contribution >= 0.6 is 0 Å². The third kappa shape index (κ3) is 4.00. The van der Waals surface area contributed by atoms with Crippen molar-refractivity contribution < 1.29 is 14.9 Å². The van der Waals surface area contributed by atoms with Crippen molar-refractivity contribution in [2.24, 2.45) is 0 Å². The zero-order valence-corrected chi connectivity index (χ0v) is 15.0. The van der Waals surface area contributed by atoms with Gasteiger partial charge in [0.15, 0.2) is 0 Å². The molecular formula is C20H24N2O3. The van der Waals surface area contributed by atoms with Crippen LogP contribution < -0.4 is 0 Å². The molecule has 3 N–H and O–H groups in total. The Labute approximate surface area is 147 Å². The van der Waals surface area contributed by atoms with Gasteiger partial charge in [0.25, 0.3) is 0 Å². The number of rotatable bonds is 3. The molecule has 1 aromatic heterocycles. The first-order chi connectivity index (χ1) is 12.0. The zero-order chi connectivity index (χ0) is 18.4. The highest BCUT2D eigenvalue weighted by Gasteiger charge is 2.18. The SMILES string of the molecule is CCc1cc(-c2n[nH]c(C)c2-c2ccccc2)c(O)cc1O.COC. The molecule has 5 nitrogen and oxygen atoms in total. The molecular weight excluding hydrogens is 316 g/mol. The van der Waals surface area contributed by atoms with E-state index in [-0.39, 0.29) is 11.5 Å². The Bertz CT molecular complexity index is 826. The highest BCUT2D eigenvalue weighted by molar-refractivity contribution is 5.85. The predicted octanol–water partition coefficient (Wildman–Crippen LogP) is 4.29. The zero-order valence-electron chi connectivity index (χ0n) is 15.0. The number of methoxy groups -OCH3 is 1. The van der Waals surface area contributed by atoms with Crippen molar-refractivity contribution >= 4 is 0 Å². The Morgan fingerprint density at radius 3 is 2.28 bits per heavy atom. The summed E-state index contributed by atoms with van der Waals surface area (Å²) in [5.74, 6) is 0.135. The quantitative estimate of drug-likeness (QED) is 0.665. The summed E-state index contributed by atoms with van der Waals surface area (Å²) in [6, 6.07) is 13.1. The number of H-pyrrole nitrogens is 1. The van der Waals surface area contributed by atoms with Crippen molar-refractivity contribution in [1.82, 2.24) is 10.2 Å². The lowest BCUT2D eigenvalue weighted by atomic mass is 9.97. The summed E-state index contributed by atoms with van der Waals surface area (Å²) in [5.41, 5.74) is 5.03. The second-order valence-corrected chi connectivity index (χ2v) is 5.70. The van der Waals surface area contributed by atoms with E-state index < -0.39 is 0 Å². The molecule has 0 aliphatic rings. The smallest absolute Gasteiger partial charge is 0.128 e. The molecule has 0 unspecified atom stereocenters. The maximum Gasteiger partial charge on any atom is 0.128 e. The minimum absolute atomic E-state index is 0.0263. The van der Waals surface area contributed by atoms with E-state index in [0.29, 0.717) is 17.7 Å². The van der Waals surface area contributed by atoms with Crippen LogP contribution in [0, 0.1) is 6.92 Å². The summed E-state index contributed by atoms with van der Waals surface area (Å²) in [6.45, 7) is 3.92. The van der Waals surface area contributed by atoms with E-state index in [1.54, 1.807) is 20.3 Å². The van der Waals surface area contributed by atoms with E-state index in [4.69, 9.17) is 0 Å². The molecule has 132 valence electrons. The molecule has 1 heterocycles. The number of hydrogen-bond acceptors (Lipinski definition) is 4. The first kappa shape index (κ1) is 18.5. The topological polar surface area (TPSA) is 78.4 Å². The Kier molecular flexibility index (Phi) is 6.19. The second kappa shape index (κ2) is 8.35. The van der Waals surface area contributed by atoms with Gasteiger partial charge >= 0.3 is 0 Å². The standard InChI is InChI=1S/C18H18N2O2.C2H6O/c1-3-12-9-14(16(22)10-15(12)21)18-17(11(2)19-20-18)13-7-5-4-6-8-13;1-3-2/h4-10,21-22H,3H2,1-2H3,(H,19,20);1-2H3. The average Bonchev–Trinajstić information content (AvgIpc) is 2.98. The molecule has 3 aromatic rings. The number of phenolic OH excluding ortho intramolecular Hbond substituents is 2. The molecule has 0 saturated heterocycles. The Hall–Kier alpha value is -2.79. The van der Waals surface area contributed by atoms with Crippen molar-refractivity contribution in [1.29, 1.82) is 0 Å². The van der Waals surface area contributed by atoms with Gasteiger partial charge in [-0.05, 0) is 30.5 Å². The summed E-state index contributed by atoms with van der Waals surface area (Å²) in [5, 5.41) is 27.4. The average molecular weight is 340 g/mol. The van der Waals surface area contributed by atoms with Crippen LogP contribution in [0.5, 0.6) is 11.5 Å². The third-order valence-electron chi connectivity index (χ3n) is 3.84. The molecule has 0 radical (unpaired) electrons. The molecule has 0 amide bonds. The number of aromatic hydroxyl groups is 2. The van der Waals surface area contributed by atoms with Gasteiger partial charge in [-0.1, -0.05) is 37.3 Å². The largest absolute Gasteiger partial charge is 0.508 e. The molecule has 0 atom stereocenters. The van der Waals surface area contributed by atoms with Crippen molar-refractivity contribution in [3.05, 3.63) is 53.7 Å². The van der Waals surface area contributed by atoms with Gasteiger partial charge in [0.1, 0.15) is 17.2 Å². The molecule has 3 rings (SSSR count). The highest BCUT2D eigenvalue weighted by Crippen LogP contribution is 2.39. The predicted molar refractivity (Wildman–Crippen MR) is 99.8 cm³/mol. The minimum atomic E-state index is 0.0263. The first-order valence-corrected chi connectivity index (χ1v) is 8.09. The van der Waals surface area contributed by atoms with Gasteiger partial charge in [-0.2, -0.15) is 5.10 Å². The monoisotopic (exact) mass is 340 g/mol. The Balaban J connectivity index is 0.000000701. The fraction of sp³-hybridized carbons (Fsp3) is 0.250. The minimum Gasteiger partial charge on any atom is -0.508 e. The fourth-order valence-electron chi connectivity index (χ4n) is 2.68. The summed E-state index contributed by atoms with van der Waals surface area (Å²) >= 11 is 0. The van der Waals surface area contributed by atoms with E-state index in [1.165, 1.54) is 6.07 Å².